The van der Waals surface area contributed by atoms with Gasteiger partial charge in [0, 0.05) is 30.9 Å². The maximum absolute atomic E-state index is 10.3. The number of likely N-dealkylation sites (N-methyl/N-ethyl adjacent to an activating group) is 1. The van der Waals surface area contributed by atoms with Crippen molar-refractivity contribution in [2.24, 2.45) is 0 Å². The fourth-order valence-corrected chi connectivity index (χ4v) is 3.65. The summed E-state index contributed by atoms with van der Waals surface area (Å²) in [6.07, 6.45) is 11.8. The van der Waals surface area contributed by atoms with E-state index in [1.807, 2.05) is 49.3 Å². The Morgan fingerprint density at radius 1 is 0.935 bits per heavy atom. The van der Waals surface area contributed by atoms with Crippen molar-refractivity contribution in [2.45, 2.75) is 26.5 Å². The van der Waals surface area contributed by atoms with Gasteiger partial charge in [0.05, 0.1) is 20.7 Å². The topological polar surface area (TPSA) is 47.6 Å². The monoisotopic (exact) mass is 425 g/mol. The zero-order valence-corrected chi connectivity index (χ0v) is 19.5. The molecule has 31 heavy (non-hydrogen) atoms. The fraction of sp³-hybridized carbons (Fsp3) is 0.423. The standard InChI is InChI=1S/C26H39N3O2/c1-5-28(6-2)25-13-11-23(12-14-25)9-7-8-10-24-15-17-27(18-16-24)21-26(31)22-29(3,4)19-20-30/h7-18,26,30-31H,5-6,19-22H2,1-4H3/q+2/t26-/m1/s1. The van der Waals surface area contributed by atoms with Crippen molar-refractivity contribution in [2.75, 3.05) is 51.8 Å². The van der Waals surface area contributed by atoms with E-state index in [1.54, 1.807) is 0 Å². The average molecular weight is 426 g/mol. The van der Waals surface area contributed by atoms with Crippen LogP contribution >= 0.6 is 0 Å². The minimum atomic E-state index is -0.455. The third-order valence-electron chi connectivity index (χ3n) is 5.46. The first-order valence-corrected chi connectivity index (χ1v) is 11.2. The first-order chi connectivity index (χ1) is 14.9. The van der Waals surface area contributed by atoms with Crippen LogP contribution in [0.5, 0.6) is 0 Å². The Kier molecular flexibility index (Phi) is 9.92. The van der Waals surface area contributed by atoms with E-state index in [9.17, 15) is 5.11 Å². The number of anilines is 1. The van der Waals surface area contributed by atoms with Crippen molar-refractivity contribution < 1.29 is 19.3 Å². The highest BCUT2D eigenvalue weighted by Crippen LogP contribution is 2.15. The summed E-state index contributed by atoms with van der Waals surface area (Å²) >= 11 is 0. The molecule has 0 aliphatic rings. The van der Waals surface area contributed by atoms with Crippen LogP contribution in [0.1, 0.15) is 25.0 Å². The van der Waals surface area contributed by atoms with Crippen molar-refractivity contribution in [3.8, 4) is 0 Å². The molecule has 0 unspecified atom stereocenters. The van der Waals surface area contributed by atoms with Crippen molar-refractivity contribution in [1.82, 2.24) is 0 Å². The van der Waals surface area contributed by atoms with E-state index in [0.29, 0.717) is 24.1 Å². The van der Waals surface area contributed by atoms with E-state index in [2.05, 4.69) is 61.2 Å². The smallest absolute Gasteiger partial charge is 0.179 e. The highest BCUT2D eigenvalue weighted by molar-refractivity contribution is 5.59. The molecule has 0 fully saturated rings. The second-order valence-electron chi connectivity index (χ2n) is 8.53. The number of nitrogens with zero attached hydrogens (tertiary/aromatic N) is 3. The maximum Gasteiger partial charge on any atom is 0.179 e. The highest BCUT2D eigenvalue weighted by atomic mass is 16.3. The van der Waals surface area contributed by atoms with E-state index in [1.165, 1.54) is 11.3 Å². The molecule has 1 atom stereocenters. The lowest BCUT2D eigenvalue weighted by molar-refractivity contribution is -0.896. The molecule has 0 saturated heterocycles. The van der Waals surface area contributed by atoms with Crippen LogP contribution in [0.2, 0.25) is 0 Å². The van der Waals surface area contributed by atoms with Crippen LogP contribution in [0, 0.1) is 0 Å². The van der Waals surface area contributed by atoms with E-state index in [-0.39, 0.29) is 6.61 Å². The third-order valence-corrected chi connectivity index (χ3v) is 5.46. The van der Waals surface area contributed by atoms with Gasteiger partial charge in [-0.2, -0.15) is 0 Å². The molecule has 0 spiro atoms. The van der Waals surface area contributed by atoms with Gasteiger partial charge in [0.15, 0.2) is 25.0 Å². The normalized spacial score (nSPS) is 13.2. The molecule has 2 N–H and O–H groups in total. The largest absolute Gasteiger partial charge is 0.391 e. The van der Waals surface area contributed by atoms with Gasteiger partial charge in [-0.1, -0.05) is 36.4 Å². The van der Waals surface area contributed by atoms with Gasteiger partial charge in [0.2, 0.25) is 0 Å². The zero-order valence-electron chi connectivity index (χ0n) is 19.5. The Bertz CT molecular complexity index is 823. The van der Waals surface area contributed by atoms with E-state index in [4.69, 9.17) is 5.11 Å². The summed E-state index contributed by atoms with van der Waals surface area (Å²) in [5.41, 5.74) is 3.56. The number of rotatable bonds is 12. The molecule has 0 amide bonds. The molecule has 0 aliphatic carbocycles. The summed E-state index contributed by atoms with van der Waals surface area (Å²) in [5.74, 6) is 0. The van der Waals surface area contributed by atoms with Crippen molar-refractivity contribution in [3.05, 3.63) is 72.1 Å². The molecule has 1 aromatic carbocycles. The molecule has 2 rings (SSSR count). The second-order valence-corrected chi connectivity index (χ2v) is 8.53. The molecule has 0 aliphatic heterocycles. The minimum absolute atomic E-state index is 0.129. The molecule has 0 bridgehead atoms. The number of aromatic nitrogens is 1. The summed E-state index contributed by atoms with van der Waals surface area (Å²) in [5, 5.41) is 19.5. The second kappa shape index (κ2) is 12.4. The van der Waals surface area contributed by atoms with E-state index < -0.39 is 6.10 Å². The van der Waals surface area contributed by atoms with E-state index >= 15 is 0 Å². The number of pyridine rings is 1. The summed E-state index contributed by atoms with van der Waals surface area (Å²) in [6, 6.07) is 12.7. The molecular formula is C26H39N3O2+2. The first-order valence-electron chi connectivity index (χ1n) is 11.2. The molecular weight excluding hydrogens is 386 g/mol. The average Bonchev–Trinajstić information content (AvgIpc) is 2.73. The lowest BCUT2D eigenvalue weighted by Crippen LogP contribution is -2.51. The van der Waals surface area contributed by atoms with Gasteiger partial charge in [-0.3, -0.25) is 0 Å². The van der Waals surface area contributed by atoms with Crippen molar-refractivity contribution >= 4 is 17.8 Å². The summed E-state index contributed by atoms with van der Waals surface area (Å²) in [7, 11) is 4.04. The van der Waals surface area contributed by atoms with Gasteiger partial charge in [-0.05, 0) is 37.1 Å². The third kappa shape index (κ3) is 8.66. The molecule has 0 radical (unpaired) electrons. The van der Waals surface area contributed by atoms with Crippen LogP contribution in [0.3, 0.4) is 0 Å². The van der Waals surface area contributed by atoms with Crippen LogP contribution in [-0.4, -0.2) is 67.7 Å². The molecule has 2 aromatic rings. The number of hydrogen-bond acceptors (Lipinski definition) is 3. The summed E-state index contributed by atoms with van der Waals surface area (Å²) in [6.45, 7) is 8.30. The van der Waals surface area contributed by atoms with Gasteiger partial charge in [0.25, 0.3) is 0 Å². The number of quaternary nitrogens is 1. The lowest BCUT2D eigenvalue weighted by atomic mass is 10.1. The minimum Gasteiger partial charge on any atom is -0.391 e. The van der Waals surface area contributed by atoms with Crippen LogP contribution in [0.25, 0.3) is 12.2 Å². The molecule has 0 saturated carbocycles. The van der Waals surface area contributed by atoms with E-state index in [0.717, 1.165) is 18.7 Å². The van der Waals surface area contributed by atoms with Gasteiger partial charge in [0.1, 0.15) is 13.1 Å². The fourth-order valence-electron chi connectivity index (χ4n) is 3.65. The predicted octanol–water partition coefficient (Wildman–Crippen LogP) is 2.98. The Morgan fingerprint density at radius 2 is 1.48 bits per heavy atom. The number of allylic oxidation sites excluding steroid dienone is 2. The van der Waals surface area contributed by atoms with Gasteiger partial charge in [-0.25, -0.2) is 4.57 Å². The quantitative estimate of drug-likeness (QED) is 0.312. The van der Waals surface area contributed by atoms with Crippen LogP contribution < -0.4 is 9.47 Å². The van der Waals surface area contributed by atoms with Crippen LogP contribution in [-0.2, 0) is 6.54 Å². The Balaban J connectivity index is 1.87. The van der Waals surface area contributed by atoms with Crippen molar-refractivity contribution in [1.29, 1.82) is 0 Å². The summed E-state index contributed by atoms with van der Waals surface area (Å²) in [4.78, 5) is 2.34. The maximum atomic E-state index is 10.3. The first kappa shape index (κ1) is 24.8. The molecule has 168 valence electrons. The van der Waals surface area contributed by atoms with Gasteiger partial charge < -0.3 is 19.6 Å². The Hall–Kier alpha value is -2.47. The number of aliphatic hydroxyl groups excluding tert-OH is 2. The lowest BCUT2D eigenvalue weighted by Gasteiger charge is -2.30. The highest BCUT2D eigenvalue weighted by Gasteiger charge is 2.22. The number of benzene rings is 1. The van der Waals surface area contributed by atoms with Crippen molar-refractivity contribution in [3.63, 3.8) is 0 Å². The Labute approximate surface area is 187 Å². The number of hydrogen-bond donors (Lipinski definition) is 2. The Morgan fingerprint density at radius 3 is 2.00 bits per heavy atom. The zero-order chi connectivity index (χ0) is 22.7. The molecule has 1 aromatic heterocycles. The SMILES string of the molecule is CCN(CC)c1ccc(C=CC=Cc2cc[n+](C[C@@H](O)C[N+](C)(C)CCO)cc2)cc1. The number of aliphatic hydroxyl groups is 2. The van der Waals surface area contributed by atoms with Gasteiger partial charge in [-0.15, -0.1) is 0 Å². The van der Waals surface area contributed by atoms with Crippen LogP contribution in [0.4, 0.5) is 5.69 Å². The summed E-state index contributed by atoms with van der Waals surface area (Å²) < 4.78 is 2.60. The van der Waals surface area contributed by atoms with Gasteiger partial charge >= 0.3 is 0 Å². The molecule has 5 nitrogen and oxygen atoms in total. The van der Waals surface area contributed by atoms with Crippen LogP contribution in [0.15, 0.2) is 60.9 Å². The molecule has 5 heteroatoms. The molecule has 1 heterocycles. The predicted molar refractivity (Wildman–Crippen MR) is 130 cm³/mol.